The number of para-hydroxylation sites is 1. The van der Waals surface area contributed by atoms with Crippen LogP contribution in [-0.4, -0.2) is 20.9 Å². The number of oxazole rings is 1. The van der Waals surface area contributed by atoms with E-state index >= 15 is 0 Å². The lowest BCUT2D eigenvalue weighted by atomic mass is 10.1. The smallest absolute Gasteiger partial charge is 0.282 e. The van der Waals surface area contributed by atoms with Gasteiger partial charge in [0.05, 0.1) is 10.5 Å². The first-order valence-corrected chi connectivity index (χ1v) is 8.68. The van der Waals surface area contributed by atoms with Gasteiger partial charge in [-0.1, -0.05) is 18.2 Å². The van der Waals surface area contributed by atoms with Crippen molar-refractivity contribution >= 4 is 28.4 Å². The number of aromatic nitrogens is 1. The zero-order valence-corrected chi connectivity index (χ0v) is 15.2. The van der Waals surface area contributed by atoms with Crippen LogP contribution in [0.15, 0.2) is 65.1 Å². The van der Waals surface area contributed by atoms with E-state index in [1.165, 1.54) is 30.3 Å². The van der Waals surface area contributed by atoms with Gasteiger partial charge in [0.1, 0.15) is 16.8 Å². The minimum Gasteiger partial charge on any atom is -0.507 e. The van der Waals surface area contributed by atoms with E-state index in [2.05, 4.69) is 10.3 Å². The summed E-state index contributed by atoms with van der Waals surface area (Å²) in [5.74, 6) is -0.546. The fraction of sp³-hybridized carbons (Fsp3) is 0.0476. The summed E-state index contributed by atoms with van der Waals surface area (Å²) >= 11 is 0. The molecule has 8 nitrogen and oxygen atoms in total. The summed E-state index contributed by atoms with van der Waals surface area (Å²) in [5, 5.41) is 24.0. The Labute approximate surface area is 164 Å². The first-order chi connectivity index (χ1) is 13.9. The molecular weight excluding hydrogens is 374 g/mol. The number of nitro benzene ring substituents is 1. The van der Waals surface area contributed by atoms with Gasteiger partial charge in [-0.05, 0) is 42.8 Å². The number of nitrogens with one attached hydrogen (secondary N) is 1. The van der Waals surface area contributed by atoms with E-state index < -0.39 is 10.8 Å². The third-order valence-corrected chi connectivity index (χ3v) is 4.37. The number of nitro groups is 1. The highest BCUT2D eigenvalue weighted by Gasteiger charge is 2.20. The van der Waals surface area contributed by atoms with Crippen LogP contribution in [0.1, 0.15) is 15.9 Å². The molecule has 3 aromatic carbocycles. The van der Waals surface area contributed by atoms with E-state index in [4.69, 9.17) is 4.42 Å². The van der Waals surface area contributed by atoms with Gasteiger partial charge in [0.15, 0.2) is 5.58 Å². The van der Waals surface area contributed by atoms with Crippen LogP contribution in [0, 0.1) is 17.0 Å². The van der Waals surface area contributed by atoms with Crippen molar-refractivity contribution in [3.8, 4) is 17.2 Å². The lowest BCUT2D eigenvalue weighted by Gasteiger charge is -2.08. The highest BCUT2D eigenvalue weighted by Crippen LogP contribution is 2.33. The number of aryl methyl sites for hydroxylation is 1. The molecule has 0 spiro atoms. The molecule has 0 saturated heterocycles. The van der Waals surface area contributed by atoms with E-state index in [0.29, 0.717) is 16.7 Å². The van der Waals surface area contributed by atoms with Gasteiger partial charge in [-0.2, -0.15) is 0 Å². The lowest BCUT2D eigenvalue weighted by Crippen LogP contribution is -2.13. The van der Waals surface area contributed by atoms with Crippen molar-refractivity contribution < 1.29 is 19.2 Å². The van der Waals surface area contributed by atoms with Crippen LogP contribution in [0.3, 0.4) is 0 Å². The van der Waals surface area contributed by atoms with E-state index in [9.17, 15) is 20.0 Å². The monoisotopic (exact) mass is 389 g/mol. The van der Waals surface area contributed by atoms with Crippen LogP contribution in [0.4, 0.5) is 11.4 Å². The maximum atomic E-state index is 12.4. The second-order valence-corrected chi connectivity index (χ2v) is 6.45. The highest BCUT2D eigenvalue weighted by atomic mass is 16.6. The Morgan fingerprint density at radius 3 is 2.69 bits per heavy atom. The van der Waals surface area contributed by atoms with Gasteiger partial charge >= 0.3 is 0 Å². The molecule has 1 aromatic heterocycles. The van der Waals surface area contributed by atoms with Gasteiger partial charge in [0, 0.05) is 17.8 Å². The summed E-state index contributed by atoms with van der Waals surface area (Å²) in [6.07, 6.45) is 0. The number of nitrogens with zero attached hydrogens (tertiary/aromatic N) is 2. The van der Waals surface area contributed by atoms with Gasteiger partial charge in [0.25, 0.3) is 11.6 Å². The summed E-state index contributed by atoms with van der Waals surface area (Å²) in [6.45, 7) is 1.94. The second-order valence-electron chi connectivity index (χ2n) is 6.45. The molecule has 1 heterocycles. The van der Waals surface area contributed by atoms with Gasteiger partial charge < -0.3 is 14.8 Å². The van der Waals surface area contributed by atoms with Gasteiger partial charge in [-0.3, -0.25) is 14.9 Å². The van der Waals surface area contributed by atoms with Crippen molar-refractivity contribution in [2.45, 2.75) is 6.92 Å². The normalized spacial score (nSPS) is 10.8. The summed E-state index contributed by atoms with van der Waals surface area (Å²) < 4.78 is 5.69. The lowest BCUT2D eigenvalue weighted by molar-refractivity contribution is -0.385. The Morgan fingerprint density at radius 2 is 1.93 bits per heavy atom. The van der Waals surface area contributed by atoms with Gasteiger partial charge in [-0.25, -0.2) is 4.98 Å². The number of aromatic hydroxyl groups is 1. The minimum atomic E-state index is -0.651. The summed E-state index contributed by atoms with van der Waals surface area (Å²) in [7, 11) is 0. The number of phenolic OH excluding ortho intramolecular Hbond substituents is 1. The maximum absolute atomic E-state index is 12.4. The number of carbonyl (C=O) groups is 1. The van der Waals surface area contributed by atoms with Gasteiger partial charge in [-0.15, -0.1) is 0 Å². The zero-order chi connectivity index (χ0) is 20.5. The Morgan fingerprint density at radius 1 is 1.14 bits per heavy atom. The standard InChI is InChI=1S/C21H15N3O5/c1-12-6-9-19-16(10-12)23-21(29-19)15-8-7-13(11-18(15)25)22-20(26)14-4-2-3-5-17(14)24(27)28/h2-11,25H,1H3,(H,22,26). The molecule has 0 saturated carbocycles. The number of phenols is 1. The molecule has 144 valence electrons. The molecule has 0 fully saturated rings. The fourth-order valence-electron chi connectivity index (χ4n) is 2.97. The van der Waals surface area contributed by atoms with Crippen LogP contribution < -0.4 is 5.32 Å². The number of carbonyl (C=O) groups excluding carboxylic acids is 1. The molecule has 4 rings (SSSR count). The number of fused-ring (bicyclic) bond motifs is 1. The van der Waals surface area contributed by atoms with Crippen LogP contribution in [0.25, 0.3) is 22.6 Å². The van der Waals surface area contributed by atoms with Crippen molar-refractivity contribution in [2.75, 3.05) is 5.32 Å². The molecule has 8 heteroatoms. The number of rotatable bonds is 4. The first-order valence-electron chi connectivity index (χ1n) is 8.68. The third-order valence-electron chi connectivity index (χ3n) is 4.37. The molecular formula is C21H15N3O5. The first kappa shape index (κ1) is 18.2. The molecule has 0 aliphatic heterocycles. The zero-order valence-electron chi connectivity index (χ0n) is 15.2. The predicted octanol–water partition coefficient (Wildman–Crippen LogP) is 4.67. The number of anilines is 1. The van der Waals surface area contributed by atoms with Crippen LogP contribution in [-0.2, 0) is 0 Å². The van der Waals surface area contributed by atoms with E-state index in [1.807, 2.05) is 19.1 Å². The topological polar surface area (TPSA) is 118 Å². The predicted molar refractivity (Wildman–Crippen MR) is 107 cm³/mol. The summed E-state index contributed by atoms with van der Waals surface area (Å²) in [6, 6.07) is 15.7. The van der Waals surface area contributed by atoms with E-state index in [1.54, 1.807) is 18.2 Å². The minimum absolute atomic E-state index is 0.0737. The number of hydrogen-bond acceptors (Lipinski definition) is 6. The molecule has 0 aliphatic carbocycles. The largest absolute Gasteiger partial charge is 0.507 e. The Balaban J connectivity index is 1.62. The summed E-state index contributed by atoms with van der Waals surface area (Å²) in [4.78, 5) is 27.3. The second kappa shape index (κ2) is 7.08. The molecule has 0 bridgehead atoms. The van der Waals surface area contributed by atoms with Crippen molar-refractivity contribution in [3.05, 3.63) is 81.9 Å². The molecule has 0 atom stereocenters. The highest BCUT2D eigenvalue weighted by molar-refractivity contribution is 6.07. The van der Waals surface area contributed by atoms with Crippen LogP contribution >= 0.6 is 0 Å². The fourth-order valence-corrected chi connectivity index (χ4v) is 2.97. The molecule has 1 amide bonds. The Bertz CT molecular complexity index is 1260. The Hall–Kier alpha value is -4.20. The molecule has 2 N–H and O–H groups in total. The van der Waals surface area contributed by atoms with Crippen LogP contribution in [0.5, 0.6) is 5.75 Å². The molecule has 0 unspecified atom stereocenters. The molecule has 0 aliphatic rings. The molecule has 4 aromatic rings. The van der Waals surface area contributed by atoms with Crippen molar-refractivity contribution in [2.24, 2.45) is 0 Å². The number of hydrogen-bond donors (Lipinski definition) is 2. The average Bonchev–Trinajstić information content (AvgIpc) is 3.10. The van der Waals surface area contributed by atoms with Crippen molar-refractivity contribution in [1.82, 2.24) is 4.98 Å². The maximum Gasteiger partial charge on any atom is 0.282 e. The van der Waals surface area contributed by atoms with E-state index in [-0.39, 0.29) is 28.6 Å². The molecule has 29 heavy (non-hydrogen) atoms. The molecule has 0 radical (unpaired) electrons. The van der Waals surface area contributed by atoms with Crippen LogP contribution in [0.2, 0.25) is 0 Å². The quantitative estimate of drug-likeness (QED) is 0.387. The Kier molecular flexibility index (Phi) is 4.44. The van der Waals surface area contributed by atoms with Crippen molar-refractivity contribution in [3.63, 3.8) is 0 Å². The SMILES string of the molecule is Cc1ccc2oc(-c3ccc(NC(=O)c4ccccc4[N+](=O)[O-])cc3O)nc2c1. The summed E-state index contributed by atoms with van der Waals surface area (Å²) in [5.41, 5.74) is 2.58. The van der Waals surface area contributed by atoms with Gasteiger partial charge in [0.2, 0.25) is 5.89 Å². The van der Waals surface area contributed by atoms with E-state index in [0.717, 1.165) is 5.56 Å². The number of benzene rings is 3. The average molecular weight is 389 g/mol. The number of amides is 1. The third kappa shape index (κ3) is 3.51. The van der Waals surface area contributed by atoms with Crippen molar-refractivity contribution in [1.29, 1.82) is 0 Å².